The molecule has 0 saturated carbocycles. The van der Waals surface area contributed by atoms with Crippen molar-refractivity contribution >= 4 is 17.6 Å². The van der Waals surface area contributed by atoms with Gasteiger partial charge in [0.1, 0.15) is 5.82 Å². The Balaban J connectivity index is 2.99. The Morgan fingerprint density at radius 1 is 1.50 bits per heavy atom. The zero-order chi connectivity index (χ0) is 13.7. The Labute approximate surface area is 111 Å². The quantitative estimate of drug-likeness (QED) is 0.839. The van der Waals surface area contributed by atoms with Gasteiger partial charge in [-0.3, -0.25) is 4.79 Å². The SMILES string of the molecule is CCOC(=O)C(CC)C(O)c1cc(Cl)ccc1F. The van der Waals surface area contributed by atoms with Crippen molar-refractivity contribution in [3.8, 4) is 0 Å². The summed E-state index contributed by atoms with van der Waals surface area (Å²) in [5, 5.41) is 10.4. The fourth-order valence-electron chi connectivity index (χ4n) is 1.73. The summed E-state index contributed by atoms with van der Waals surface area (Å²) in [5.41, 5.74) is 0.0161. The van der Waals surface area contributed by atoms with Crippen LogP contribution in [0.3, 0.4) is 0 Å². The molecule has 0 aliphatic carbocycles. The molecule has 0 heterocycles. The van der Waals surface area contributed by atoms with Crippen molar-refractivity contribution in [2.24, 2.45) is 5.92 Å². The van der Waals surface area contributed by atoms with Crippen LogP contribution in [0, 0.1) is 11.7 Å². The van der Waals surface area contributed by atoms with E-state index in [4.69, 9.17) is 16.3 Å². The molecule has 0 aromatic heterocycles. The molecular weight excluding hydrogens is 259 g/mol. The Bertz CT molecular complexity index is 423. The summed E-state index contributed by atoms with van der Waals surface area (Å²) in [5.74, 6) is -1.92. The Hall–Kier alpha value is -1.13. The molecule has 5 heteroatoms. The first-order valence-corrected chi connectivity index (χ1v) is 6.18. The van der Waals surface area contributed by atoms with Gasteiger partial charge in [-0.15, -0.1) is 0 Å². The summed E-state index contributed by atoms with van der Waals surface area (Å²) in [6, 6.07) is 3.88. The van der Waals surface area contributed by atoms with Crippen molar-refractivity contribution < 1.29 is 19.0 Å². The molecule has 0 saturated heterocycles. The van der Waals surface area contributed by atoms with E-state index in [1.54, 1.807) is 13.8 Å². The third-order valence-electron chi connectivity index (χ3n) is 2.69. The summed E-state index contributed by atoms with van der Waals surface area (Å²) in [4.78, 5) is 11.6. The third kappa shape index (κ3) is 3.43. The normalized spacial score (nSPS) is 14.1. The van der Waals surface area contributed by atoms with Gasteiger partial charge in [-0.05, 0) is 31.5 Å². The van der Waals surface area contributed by atoms with Gasteiger partial charge in [0, 0.05) is 10.6 Å². The largest absolute Gasteiger partial charge is 0.466 e. The minimum atomic E-state index is -1.26. The second kappa shape index (κ2) is 6.71. The van der Waals surface area contributed by atoms with Gasteiger partial charge in [0.05, 0.1) is 18.6 Å². The molecule has 1 rings (SSSR count). The number of esters is 1. The lowest BCUT2D eigenvalue weighted by atomic mass is 9.93. The summed E-state index contributed by atoms with van der Waals surface area (Å²) in [6.45, 7) is 3.63. The van der Waals surface area contributed by atoms with Crippen molar-refractivity contribution in [1.29, 1.82) is 0 Å². The summed E-state index contributed by atoms with van der Waals surface area (Å²) in [6.07, 6.45) is -0.904. The van der Waals surface area contributed by atoms with E-state index in [1.165, 1.54) is 18.2 Å². The zero-order valence-electron chi connectivity index (χ0n) is 10.3. The molecule has 18 heavy (non-hydrogen) atoms. The molecule has 2 atom stereocenters. The summed E-state index contributed by atoms with van der Waals surface area (Å²) >= 11 is 5.76. The van der Waals surface area contributed by atoms with Gasteiger partial charge in [0.25, 0.3) is 0 Å². The number of aliphatic hydroxyl groups is 1. The van der Waals surface area contributed by atoms with Gasteiger partial charge in [-0.2, -0.15) is 0 Å². The fraction of sp³-hybridized carbons (Fsp3) is 0.462. The number of aliphatic hydroxyl groups excluding tert-OH is 1. The van der Waals surface area contributed by atoms with E-state index < -0.39 is 23.8 Å². The van der Waals surface area contributed by atoms with Crippen molar-refractivity contribution in [3.63, 3.8) is 0 Å². The van der Waals surface area contributed by atoms with Crippen LogP contribution >= 0.6 is 11.6 Å². The van der Waals surface area contributed by atoms with E-state index in [0.717, 1.165) is 0 Å². The highest BCUT2D eigenvalue weighted by Gasteiger charge is 2.29. The molecule has 1 aromatic rings. The highest BCUT2D eigenvalue weighted by molar-refractivity contribution is 6.30. The van der Waals surface area contributed by atoms with E-state index in [9.17, 15) is 14.3 Å². The number of benzene rings is 1. The average Bonchev–Trinajstić information content (AvgIpc) is 2.33. The van der Waals surface area contributed by atoms with Crippen LogP contribution < -0.4 is 0 Å². The van der Waals surface area contributed by atoms with Crippen molar-refractivity contribution in [2.45, 2.75) is 26.4 Å². The molecule has 1 N–H and O–H groups in total. The van der Waals surface area contributed by atoms with Crippen LogP contribution in [0.1, 0.15) is 31.9 Å². The van der Waals surface area contributed by atoms with E-state index in [-0.39, 0.29) is 12.2 Å². The standard InChI is InChI=1S/C13H16ClFO3/c1-3-9(13(17)18-4-2)12(16)10-7-8(14)5-6-11(10)15/h5-7,9,12,16H,3-4H2,1-2H3. The van der Waals surface area contributed by atoms with Crippen LogP contribution in [0.5, 0.6) is 0 Å². The Morgan fingerprint density at radius 3 is 2.72 bits per heavy atom. The highest BCUT2D eigenvalue weighted by atomic mass is 35.5. The average molecular weight is 275 g/mol. The predicted octanol–water partition coefficient (Wildman–Crippen LogP) is 3.10. The summed E-state index contributed by atoms with van der Waals surface area (Å²) in [7, 11) is 0. The molecule has 0 bridgehead atoms. The van der Waals surface area contributed by atoms with Gasteiger partial charge < -0.3 is 9.84 Å². The molecule has 0 amide bonds. The van der Waals surface area contributed by atoms with Crippen LogP contribution in [0.4, 0.5) is 4.39 Å². The van der Waals surface area contributed by atoms with Crippen LogP contribution in [0.25, 0.3) is 0 Å². The Kier molecular flexibility index (Phi) is 5.56. The topological polar surface area (TPSA) is 46.5 Å². The highest BCUT2D eigenvalue weighted by Crippen LogP contribution is 2.29. The van der Waals surface area contributed by atoms with Gasteiger partial charge in [-0.25, -0.2) is 4.39 Å². The van der Waals surface area contributed by atoms with E-state index in [2.05, 4.69) is 0 Å². The first-order chi connectivity index (χ1) is 8.51. The van der Waals surface area contributed by atoms with Crippen molar-refractivity contribution in [3.05, 3.63) is 34.6 Å². The van der Waals surface area contributed by atoms with Crippen molar-refractivity contribution in [2.75, 3.05) is 6.61 Å². The monoisotopic (exact) mass is 274 g/mol. The molecule has 0 fully saturated rings. The molecule has 2 unspecified atom stereocenters. The van der Waals surface area contributed by atoms with Crippen LogP contribution in [0.15, 0.2) is 18.2 Å². The smallest absolute Gasteiger partial charge is 0.311 e. The molecule has 0 aliphatic heterocycles. The lowest BCUT2D eigenvalue weighted by molar-refractivity contribution is -0.152. The fourth-order valence-corrected chi connectivity index (χ4v) is 1.91. The number of carbonyl (C=O) groups is 1. The maximum Gasteiger partial charge on any atom is 0.311 e. The third-order valence-corrected chi connectivity index (χ3v) is 2.92. The Morgan fingerprint density at radius 2 is 2.17 bits per heavy atom. The van der Waals surface area contributed by atoms with Crippen LogP contribution in [0.2, 0.25) is 5.02 Å². The van der Waals surface area contributed by atoms with Gasteiger partial charge in [-0.1, -0.05) is 18.5 Å². The van der Waals surface area contributed by atoms with Crippen LogP contribution in [-0.2, 0) is 9.53 Å². The number of hydrogen-bond acceptors (Lipinski definition) is 3. The molecular formula is C13H16ClFO3. The first kappa shape index (κ1) is 14.9. The lowest BCUT2D eigenvalue weighted by Gasteiger charge is -2.20. The minimum Gasteiger partial charge on any atom is -0.466 e. The second-order valence-corrected chi connectivity index (χ2v) is 4.31. The molecule has 1 aromatic carbocycles. The number of hydrogen-bond donors (Lipinski definition) is 1. The number of halogens is 2. The molecule has 0 spiro atoms. The van der Waals surface area contributed by atoms with Crippen LogP contribution in [-0.4, -0.2) is 17.7 Å². The lowest BCUT2D eigenvalue weighted by Crippen LogP contribution is -2.24. The summed E-state index contributed by atoms with van der Waals surface area (Å²) < 4.78 is 18.4. The van der Waals surface area contributed by atoms with Gasteiger partial charge in [0.15, 0.2) is 0 Å². The number of rotatable bonds is 5. The maximum absolute atomic E-state index is 13.6. The van der Waals surface area contributed by atoms with Crippen molar-refractivity contribution in [1.82, 2.24) is 0 Å². The van der Waals surface area contributed by atoms with Gasteiger partial charge >= 0.3 is 5.97 Å². The molecule has 0 radical (unpaired) electrons. The maximum atomic E-state index is 13.6. The minimum absolute atomic E-state index is 0.0161. The second-order valence-electron chi connectivity index (χ2n) is 3.88. The van der Waals surface area contributed by atoms with E-state index in [1.807, 2.05) is 0 Å². The first-order valence-electron chi connectivity index (χ1n) is 5.80. The zero-order valence-corrected chi connectivity index (χ0v) is 11.1. The predicted molar refractivity (Wildman–Crippen MR) is 66.8 cm³/mol. The molecule has 100 valence electrons. The van der Waals surface area contributed by atoms with E-state index >= 15 is 0 Å². The van der Waals surface area contributed by atoms with Gasteiger partial charge in [0.2, 0.25) is 0 Å². The van der Waals surface area contributed by atoms with E-state index in [0.29, 0.717) is 11.4 Å². The molecule has 0 aliphatic rings. The number of carbonyl (C=O) groups excluding carboxylic acids is 1. The number of ether oxygens (including phenoxy) is 1. The molecule has 3 nitrogen and oxygen atoms in total.